The van der Waals surface area contributed by atoms with Gasteiger partial charge < -0.3 is 5.32 Å². The molecule has 1 heterocycles. The summed E-state index contributed by atoms with van der Waals surface area (Å²) >= 11 is 0. The first-order valence-electron chi connectivity index (χ1n) is 6.28. The molecule has 2 heteroatoms. The van der Waals surface area contributed by atoms with Crippen LogP contribution in [-0.2, 0) is 0 Å². The van der Waals surface area contributed by atoms with Gasteiger partial charge in [-0.25, -0.2) is 0 Å². The summed E-state index contributed by atoms with van der Waals surface area (Å²) in [4.78, 5) is 2.70. The van der Waals surface area contributed by atoms with E-state index in [1.165, 1.54) is 19.5 Å². The molecule has 2 unspecified atom stereocenters. The second kappa shape index (κ2) is 3.46. The molecule has 2 fully saturated rings. The standard InChI is InChI=1S/C13H26N2/c1-12(2,3)10-9-15(7-6-14-10)11-8-13(11,4)5/h10-11,14H,6-9H2,1-5H3. The second-order valence-corrected chi connectivity index (χ2v) is 7.08. The van der Waals surface area contributed by atoms with Crippen molar-refractivity contribution in [3.8, 4) is 0 Å². The van der Waals surface area contributed by atoms with Crippen LogP contribution in [0.2, 0.25) is 0 Å². The van der Waals surface area contributed by atoms with Crippen LogP contribution < -0.4 is 5.32 Å². The molecule has 1 aliphatic carbocycles. The van der Waals surface area contributed by atoms with Gasteiger partial charge in [-0.05, 0) is 17.3 Å². The van der Waals surface area contributed by atoms with Gasteiger partial charge >= 0.3 is 0 Å². The molecule has 0 spiro atoms. The Morgan fingerprint density at radius 2 is 1.87 bits per heavy atom. The Hall–Kier alpha value is -0.0800. The highest BCUT2D eigenvalue weighted by atomic mass is 15.3. The fourth-order valence-electron chi connectivity index (χ4n) is 2.70. The lowest BCUT2D eigenvalue weighted by Gasteiger charge is -2.41. The van der Waals surface area contributed by atoms with Gasteiger partial charge in [0.25, 0.3) is 0 Å². The van der Waals surface area contributed by atoms with Crippen LogP contribution in [0.25, 0.3) is 0 Å². The smallest absolute Gasteiger partial charge is 0.0244 e. The summed E-state index contributed by atoms with van der Waals surface area (Å²) in [5.41, 5.74) is 0.970. The molecule has 0 amide bonds. The van der Waals surface area contributed by atoms with Gasteiger partial charge in [-0.15, -0.1) is 0 Å². The molecule has 1 saturated heterocycles. The summed E-state index contributed by atoms with van der Waals surface area (Å²) in [6.07, 6.45) is 1.39. The lowest BCUT2D eigenvalue weighted by Crippen LogP contribution is -2.56. The lowest BCUT2D eigenvalue weighted by atomic mass is 9.85. The van der Waals surface area contributed by atoms with Crippen molar-refractivity contribution >= 4 is 0 Å². The molecular formula is C13H26N2. The SMILES string of the molecule is CC(C)(C)C1CN(C2CC2(C)C)CCN1. The van der Waals surface area contributed by atoms with E-state index < -0.39 is 0 Å². The Bertz CT molecular complexity index is 239. The molecule has 0 aromatic carbocycles. The average Bonchev–Trinajstić information content (AvgIpc) is 2.74. The largest absolute Gasteiger partial charge is 0.311 e. The summed E-state index contributed by atoms with van der Waals surface area (Å²) in [6.45, 7) is 15.4. The van der Waals surface area contributed by atoms with Crippen molar-refractivity contribution in [1.29, 1.82) is 0 Å². The molecule has 1 aliphatic heterocycles. The molecule has 2 aliphatic rings. The van der Waals surface area contributed by atoms with E-state index in [0.29, 0.717) is 16.9 Å². The molecule has 1 N–H and O–H groups in total. The molecule has 2 rings (SSSR count). The second-order valence-electron chi connectivity index (χ2n) is 7.08. The van der Waals surface area contributed by atoms with Crippen molar-refractivity contribution < 1.29 is 0 Å². The van der Waals surface area contributed by atoms with E-state index in [4.69, 9.17) is 0 Å². The van der Waals surface area contributed by atoms with Gasteiger partial charge in [-0.2, -0.15) is 0 Å². The highest BCUT2D eigenvalue weighted by Gasteiger charge is 2.50. The van der Waals surface area contributed by atoms with Crippen LogP contribution in [0.4, 0.5) is 0 Å². The zero-order chi connectivity index (χ0) is 11.3. The van der Waals surface area contributed by atoms with Gasteiger partial charge in [0.15, 0.2) is 0 Å². The fourth-order valence-corrected chi connectivity index (χ4v) is 2.70. The summed E-state index contributed by atoms with van der Waals surface area (Å²) in [5.74, 6) is 0. The number of nitrogens with zero attached hydrogens (tertiary/aromatic N) is 1. The van der Waals surface area contributed by atoms with E-state index in [1.54, 1.807) is 0 Å². The quantitative estimate of drug-likeness (QED) is 0.713. The molecule has 15 heavy (non-hydrogen) atoms. The first kappa shape index (κ1) is 11.4. The maximum absolute atomic E-state index is 3.66. The molecule has 88 valence electrons. The summed E-state index contributed by atoms with van der Waals surface area (Å²) in [7, 11) is 0. The van der Waals surface area contributed by atoms with Crippen molar-refractivity contribution in [1.82, 2.24) is 10.2 Å². The van der Waals surface area contributed by atoms with Crippen molar-refractivity contribution in [3.63, 3.8) is 0 Å². The van der Waals surface area contributed by atoms with Crippen LogP contribution >= 0.6 is 0 Å². The van der Waals surface area contributed by atoms with Crippen LogP contribution in [-0.4, -0.2) is 36.6 Å². The molecule has 2 atom stereocenters. The van der Waals surface area contributed by atoms with Crippen molar-refractivity contribution in [2.75, 3.05) is 19.6 Å². The normalized spacial score (nSPS) is 36.6. The minimum absolute atomic E-state index is 0.387. The van der Waals surface area contributed by atoms with Crippen molar-refractivity contribution in [2.24, 2.45) is 10.8 Å². The van der Waals surface area contributed by atoms with Gasteiger partial charge in [-0.3, -0.25) is 4.90 Å². The zero-order valence-corrected chi connectivity index (χ0v) is 10.9. The minimum Gasteiger partial charge on any atom is -0.311 e. The number of hydrogen-bond donors (Lipinski definition) is 1. The minimum atomic E-state index is 0.387. The number of nitrogens with one attached hydrogen (secondary N) is 1. The van der Waals surface area contributed by atoms with Crippen molar-refractivity contribution in [3.05, 3.63) is 0 Å². The van der Waals surface area contributed by atoms with E-state index in [-0.39, 0.29) is 0 Å². The predicted molar refractivity (Wildman–Crippen MR) is 65.0 cm³/mol. The molecular weight excluding hydrogens is 184 g/mol. The molecule has 2 nitrogen and oxygen atoms in total. The predicted octanol–water partition coefficient (Wildman–Crippen LogP) is 2.10. The maximum atomic E-state index is 3.66. The van der Waals surface area contributed by atoms with E-state index in [2.05, 4.69) is 44.8 Å². The van der Waals surface area contributed by atoms with Crippen LogP contribution in [0.15, 0.2) is 0 Å². The van der Waals surface area contributed by atoms with Gasteiger partial charge in [-0.1, -0.05) is 34.6 Å². The topological polar surface area (TPSA) is 15.3 Å². The third-order valence-corrected chi connectivity index (χ3v) is 4.15. The Labute approximate surface area is 94.4 Å². The van der Waals surface area contributed by atoms with Gasteiger partial charge in [0.05, 0.1) is 0 Å². The Morgan fingerprint density at radius 1 is 1.27 bits per heavy atom. The van der Waals surface area contributed by atoms with Gasteiger partial charge in [0, 0.05) is 31.7 Å². The van der Waals surface area contributed by atoms with Crippen molar-refractivity contribution in [2.45, 2.75) is 53.1 Å². The summed E-state index contributed by atoms with van der Waals surface area (Å²) in [5, 5.41) is 3.66. The van der Waals surface area contributed by atoms with Gasteiger partial charge in [0.1, 0.15) is 0 Å². The highest BCUT2D eigenvalue weighted by Crippen LogP contribution is 2.48. The Morgan fingerprint density at radius 3 is 2.33 bits per heavy atom. The monoisotopic (exact) mass is 210 g/mol. The first-order chi connectivity index (χ1) is 6.81. The van der Waals surface area contributed by atoms with E-state index >= 15 is 0 Å². The van der Waals surface area contributed by atoms with Gasteiger partial charge in [0.2, 0.25) is 0 Å². The summed E-state index contributed by atoms with van der Waals surface area (Å²) < 4.78 is 0. The zero-order valence-electron chi connectivity index (χ0n) is 10.9. The fraction of sp³-hybridized carbons (Fsp3) is 1.00. The first-order valence-corrected chi connectivity index (χ1v) is 6.28. The van der Waals surface area contributed by atoms with E-state index in [1.807, 2.05) is 0 Å². The van der Waals surface area contributed by atoms with E-state index in [0.717, 1.165) is 12.6 Å². The van der Waals surface area contributed by atoms with Crippen LogP contribution in [0, 0.1) is 10.8 Å². The maximum Gasteiger partial charge on any atom is 0.0244 e. The number of rotatable bonds is 1. The highest BCUT2D eigenvalue weighted by molar-refractivity contribution is 5.05. The molecule has 0 radical (unpaired) electrons. The lowest BCUT2D eigenvalue weighted by molar-refractivity contribution is 0.118. The van der Waals surface area contributed by atoms with Crippen LogP contribution in [0.5, 0.6) is 0 Å². The number of hydrogen-bond acceptors (Lipinski definition) is 2. The van der Waals surface area contributed by atoms with Crippen LogP contribution in [0.3, 0.4) is 0 Å². The summed E-state index contributed by atoms with van der Waals surface area (Å²) in [6, 6.07) is 1.51. The Balaban J connectivity index is 1.94. The molecule has 0 aromatic heterocycles. The van der Waals surface area contributed by atoms with Crippen LogP contribution in [0.1, 0.15) is 41.0 Å². The number of piperazine rings is 1. The Kier molecular flexibility index (Phi) is 2.63. The molecule has 1 saturated carbocycles. The van der Waals surface area contributed by atoms with E-state index in [9.17, 15) is 0 Å². The third-order valence-electron chi connectivity index (χ3n) is 4.15. The molecule has 0 aromatic rings. The average molecular weight is 210 g/mol. The third kappa shape index (κ3) is 2.36. The molecule has 0 bridgehead atoms.